The quantitative estimate of drug-likeness (QED) is 0.616. The number of furan rings is 1. The van der Waals surface area contributed by atoms with Gasteiger partial charge in [0.2, 0.25) is 0 Å². The number of hydrazine groups is 1. The fourth-order valence-electron chi connectivity index (χ4n) is 1.84. The number of aromatic nitrogens is 1. The van der Waals surface area contributed by atoms with Crippen molar-refractivity contribution in [2.24, 2.45) is 5.84 Å². The maximum atomic E-state index is 5.62. The zero-order valence-corrected chi connectivity index (χ0v) is 11.2. The largest absolute Gasteiger partial charge is 0.492 e. The van der Waals surface area contributed by atoms with Gasteiger partial charge in [0, 0.05) is 6.20 Å². The van der Waals surface area contributed by atoms with Crippen molar-refractivity contribution in [3.8, 4) is 5.75 Å². The van der Waals surface area contributed by atoms with Crippen LogP contribution in [-0.2, 0) is 0 Å². The Balaban J connectivity index is 2.23. The van der Waals surface area contributed by atoms with Crippen LogP contribution < -0.4 is 16.0 Å². The molecule has 0 bridgehead atoms. The highest BCUT2D eigenvalue weighted by atomic mass is 16.5. The lowest BCUT2D eigenvalue weighted by Crippen LogP contribution is -2.28. The third-order valence-corrected chi connectivity index (χ3v) is 2.75. The van der Waals surface area contributed by atoms with E-state index in [0.717, 1.165) is 29.3 Å². The standard InChI is InChI=1S/C14H19N3O2/c1-3-6-18-12-7-11(8-16-9-12)14(17-15)13-5-4-10(2)19-13/h4-5,7-9,14,17H,3,6,15H2,1-2H3. The molecule has 2 rings (SSSR count). The van der Waals surface area contributed by atoms with Gasteiger partial charge in [0.25, 0.3) is 0 Å². The molecule has 0 aliphatic rings. The third kappa shape index (κ3) is 3.33. The first-order chi connectivity index (χ1) is 9.24. The van der Waals surface area contributed by atoms with E-state index in [-0.39, 0.29) is 6.04 Å². The molecule has 102 valence electrons. The van der Waals surface area contributed by atoms with Crippen LogP contribution in [0.5, 0.6) is 5.75 Å². The van der Waals surface area contributed by atoms with Crippen molar-refractivity contribution >= 4 is 0 Å². The molecule has 2 aromatic heterocycles. The summed E-state index contributed by atoms with van der Waals surface area (Å²) < 4.78 is 11.2. The molecule has 0 radical (unpaired) electrons. The van der Waals surface area contributed by atoms with Gasteiger partial charge in [0.1, 0.15) is 23.3 Å². The number of nitrogens with zero attached hydrogens (tertiary/aromatic N) is 1. The highest BCUT2D eigenvalue weighted by molar-refractivity contribution is 5.30. The molecule has 1 unspecified atom stereocenters. The molecule has 0 fully saturated rings. The van der Waals surface area contributed by atoms with Crippen LogP contribution in [0.1, 0.15) is 36.5 Å². The SMILES string of the molecule is CCCOc1cncc(C(NN)c2ccc(C)o2)c1. The molecule has 19 heavy (non-hydrogen) atoms. The molecule has 5 heteroatoms. The smallest absolute Gasteiger partial charge is 0.137 e. The van der Waals surface area contributed by atoms with E-state index in [0.29, 0.717) is 6.61 Å². The minimum atomic E-state index is -0.230. The summed E-state index contributed by atoms with van der Waals surface area (Å²) in [5.74, 6) is 7.96. The van der Waals surface area contributed by atoms with Gasteiger partial charge >= 0.3 is 0 Å². The second-order valence-corrected chi connectivity index (χ2v) is 4.35. The van der Waals surface area contributed by atoms with Crippen molar-refractivity contribution < 1.29 is 9.15 Å². The Morgan fingerprint density at radius 3 is 2.89 bits per heavy atom. The summed E-state index contributed by atoms with van der Waals surface area (Å²) in [6.07, 6.45) is 4.40. The van der Waals surface area contributed by atoms with Gasteiger partial charge in [0.05, 0.1) is 12.8 Å². The summed E-state index contributed by atoms with van der Waals surface area (Å²) in [7, 11) is 0. The molecule has 0 aliphatic carbocycles. The number of hydrogen-bond acceptors (Lipinski definition) is 5. The fourth-order valence-corrected chi connectivity index (χ4v) is 1.84. The highest BCUT2D eigenvalue weighted by Gasteiger charge is 2.17. The minimum absolute atomic E-state index is 0.230. The average molecular weight is 261 g/mol. The lowest BCUT2D eigenvalue weighted by Gasteiger charge is -2.14. The Morgan fingerprint density at radius 1 is 1.42 bits per heavy atom. The van der Waals surface area contributed by atoms with Crippen LogP contribution in [-0.4, -0.2) is 11.6 Å². The number of ether oxygens (including phenoxy) is 1. The second-order valence-electron chi connectivity index (χ2n) is 4.35. The van der Waals surface area contributed by atoms with E-state index in [1.807, 2.05) is 25.1 Å². The lowest BCUT2D eigenvalue weighted by atomic mass is 10.1. The van der Waals surface area contributed by atoms with Crippen LogP contribution in [0.25, 0.3) is 0 Å². The molecule has 0 spiro atoms. The number of rotatable bonds is 6. The van der Waals surface area contributed by atoms with Gasteiger partial charge < -0.3 is 9.15 Å². The van der Waals surface area contributed by atoms with E-state index in [2.05, 4.69) is 17.3 Å². The first-order valence-electron chi connectivity index (χ1n) is 6.34. The van der Waals surface area contributed by atoms with Crippen LogP contribution in [0.3, 0.4) is 0 Å². The van der Waals surface area contributed by atoms with E-state index in [1.165, 1.54) is 0 Å². The predicted molar refractivity (Wildman–Crippen MR) is 72.6 cm³/mol. The summed E-state index contributed by atoms with van der Waals surface area (Å²) in [4.78, 5) is 4.18. The predicted octanol–water partition coefficient (Wildman–Crippen LogP) is 2.32. The third-order valence-electron chi connectivity index (χ3n) is 2.75. The fraction of sp³-hybridized carbons (Fsp3) is 0.357. The van der Waals surface area contributed by atoms with Gasteiger partial charge in [-0.2, -0.15) is 0 Å². The molecular weight excluding hydrogens is 242 g/mol. The Kier molecular flexibility index (Phi) is 4.54. The number of nitrogens with two attached hydrogens (primary N) is 1. The number of pyridine rings is 1. The zero-order valence-electron chi connectivity index (χ0n) is 11.2. The topological polar surface area (TPSA) is 73.3 Å². The molecule has 0 amide bonds. The molecular formula is C14H19N3O2. The Bertz CT molecular complexity index is 525. The van der Waals surface area contributed by atoms with Gasteiger partial charge in [-0.3, -0.25) is 10.8 Å². The van der Waals surface area contributed by atoms with Gasteiger partial charge in [-0.15, -0.1) is 0 Å². The van der Waals surface area contributed by atoms with Crippen molar-refractivity contribution in [1.29, 1.82) is 0 Å². The van der Waals surface area contributed by atoms with Crippen LogP contribution >= 0.6 is 0 Å². The summed E-state index contributed by atoms with van der Waals surface area (Å²) >= 11 is 0. The molecule has 0 saturated heterocycles. The zero-order chi connectivity index (χ0) is 13.7. The van der Waals surface area contributed by atoms with Crippen LogP contribution in [0.4, 0.5) is 0 Å². The van der Waals surface area contributed by atoms with Gasteiger partial charge in [0.15, 0.2) is 0 Å². The monoisotopic (exact) mass is 261 g/mol. The molecule has 0 aromatic carbocycles. The first kappa shape index (κ1) is 13.6. The van der Waals surface area contributed by atoms with Crippen LogP contribution in [0.2, 0.25) is 0 Å². The molecule has 1 atom stereocenters. The van der Waals surface area contributed by atoms with Crippen molar-refractivity contribution in [2.75, 3.05) is 6.61 Å². The van der Waals surface area contributed by atoms with Crippen molar-refractivity contribution in [3.63, 3.8) is 0 Å². The minimum Gasteiger partial charge on any atom is -0.492 e. The molecule has 2 heterocycles. The van der Waals surface area contributed by atoms with Gasteiger partial charge in [-0.25, -0.2) is 5.43 Å². The molecule has 0 aliphatic heterocycles. The molecule has 2 aromatic rings. The lowest BCUT2D eigenvalue weighted by molar-refractivity contribution is 0.315. The average Bonchev–Trinajstić information content (AvgIpc) is 2.84. The molecule has 0 saturated carbocycles. The highest BCUT2D eigenvalue weighted by Crippen LogP contribution is 2.25. The number of nitrogens with one attached hydrogen (secondary N) is 1. The Labute approximate surface area is 112 Å². The summed E-state index contributed by atoms with van der Waals surface area (Å²) in [5, 5.41) is 0. The van der Waals surface area contributed by atoms with Crippen LogP contribution in [0, 0.1) is 6.92 Å². The molecule has 5 nitrogen and oxygen atoms in total. The maximum Gasteiger partial charge on any atom is 0.137 e. The Hall–Kier alpha value is -1.85. The number of hydrogen-bond donors (Lipinski definition) is 2. The number of aryl methyl sites for hydroxylation is 1. The maximum absolute atomic E-state index is 5.62. The first-order valence-corrected chi connectivity index (χ1v) is 6.34. The van der Waals surface area contributed by atoms with Crippen molar-refractivity contribution in [2.45, 2.75) is 26.3 Å². The summed E-state index contributed by atoms with van der Waals surface area (Å²) in [6.45, 7) is 4.63. The van der Waals surface area contributed by atoms with E-state index >= 15 is 0 Å². The van der Waals surface area contributed by atoms with E-state index in [4.69, 9.17) is 15.0 Å². The summed E-state index contributed by atoms with van der Waals surface area (Å²) in [6, 6.07) is 5.50. The van der Waals surface area contributed by atoms with Gasteiger partial charge in [-0.05, 0) is 37.1 Å². The van der Waals surface area contributed by atoms with Crippen molar-refractivity contribution in [1.82, 2.24) is 10.4 Å². The van der Waals surface area contributed by atoms with E-state index in [1.54, 1.807) is 12.4 Å². The summed E-state index contributed by atoms with van der Waals surface area (Å²) in [5.41, 5.74) is 3.65. The van der Waals surface area contributed by atoms with Crippen molar-refractivity contribution in [3.05, 3.63) is 47.7 Å². The normalized spacial score (nSPS) is 12.4. The molecule has 3 N–H and O–H groups in total. The van der Waals surface area contributed by atoms with Gasteiger partial charge in [-0.1, -0.05) is 6.92 Å². The second kappa shape index (κ2) is 6.36. The van der Waals surface area contributed by atoms with E-state index < -0.39 is 0 Å². The van der Waals surface area contributed by atoms with E-state index in [9.17, 15) is 0 Å². The van der Waals surface area contributed by atoms with Crippen LogP contribution in [0.15, 0.2) is 35.0 Å². The Morgan fingerprint density at radius 2 is 2.26 bits per heavy atom.